The van der Waals surface area contributed by atoms with Gasteiger partial charge in [0, 0.05) is 0 Å². The predicted molar refractivity (Wildman–Crippen MR) is 35.0 cm³/mol. The lowest BCUT2D eigenvalue weighted by Gasteiger charge is -2.31. The summed E-state index contributed by atoms with van der Waals surface area (Å²) in [5.41, 5.74) is 0. The van der Waals surface area contributed by atoms with Crippen LogP contribution in [0, 0.1) is 0 Å². The van der Waals surface area contributed by atoms with Crippen LogP contribution in [0.4, 0.5) is 0 Å². The van der Waals surface area contributed by atoms with Crippen LogP contribution in [0.2, 0.25) is 0 Å². The van der Waals surface area contributed by atoms with Gasteiger partial charge in [0.1, 0.15) is 18.3 Å². The molecule has 0 bridgehead atoms. The van der Waals surface area contributed by atoms with E-state index in [0.717, 1.165) is 0 Å². The minimum atomic E-state index is -1.69. The van der Waals surface area contributed by atoms with Crippen LogP contribution in [-0.4, -0.2) is 57.4 Å². The average Bonchev–Trinajstić information content (AvgIpc) is 2.08. The van der Waals surface area contributed by atoms with Crippen molar-refractivity contribution >= 4 is 5.78 Å². The molecule has 1 rings (SSSR count). The molecule has 12 heavy (non-hydrogen) atoms. The summed E-state index contributed by atoms with van der Waals surface area (Å²) < 4.78 is 4.48. The van der Waals surface area contributed by atoms with Crippen molar-refractivity contribution in [2.45, 2.75) is 24.6 Å². The predicted octanol–water partition coefficient (Wildman–Crippen LogP) is -3.01. The largest absolute Gasteiger partial charge is 0.393 e. The first-order valence-electron chi connectivity index (χ1n) is 3.42. The van der Waals surface area contributed by atoms with Crippen LogP contribution in [0.3, 0.4) is 0 Å². The van der Waals surface area contributed by atoms with E-state index < -0.39 is 37.0 Å². The van der Waals surface area contributed by atoms with Crippen LogP contribution < -0.4 is 0 Å². The molecule has 1 saturated heterocycles. The first kappa shape index (κ1) is 9.56. The van der Waals surface area contributed by atoms with Crippen molar-refractivity contribution in [2.24, 2.45) is 0 Å². The van der Waals surface area contributed by atoms with Crippen molar-refractivity contribution < 1.29 is 30.0 Å². The van der Waals surface area contributed by atoms with E-state index in [1.807, 2.05) is 0 Å². The van der Waals surface area contributed by atoms with Gasteiger partial charge in [-0.2, -0.15) is 0 Å². The zero-order valence-electron chi connectivity index (χ0n) is 6.12. The number of ketones is 1. The van der Waals surface area contributed by atoms with E-state index in [9.17, 15) is 4.79 Å². The summed E-state index contributed by atoms with van der Waals surface area (Å²) in [5.74, 6) is -0.824. The zero-order chi connectivity index (χ0) is 9.30. The topological polar surface area (TPSA) is 107 Å². The highest BCUT2D eigenvalue weighted by molar-refractivity contribution is 5.88. The highest BCUT2D eigenvalue weighted by Crippen LogP contribution is 2.15. The Morgan fingerprint density at radius 3 is 2.42 bits per heavy atom. The Morgan fingerprint density at radius 2 is 1.92 bits per heavy atom. The lowest BCUT2D eigenvalue weighted by atomic mass is 10.0. The Balaban J connectivity index is 2.70. The van der Waals surface area contributed by atoms with Gasteiger partial charge in [-0.1, -0.05) is 0 Å². The van der Waals surface area contributed by atoms with E-state index in [-0.39, 0.29) is 0 Å². The molecule has 1 heterocycles. The summed E-state index contributed by atoms with van der Waals surface area (Å²) in [6.07, 6.45) is -6.21. The Morgan fingerprint density at radius 1 is 1.33 bits per heavy atom. The highest BCUT2D eigenvalue weighted by atomic mass is 16.6. The first-order valence-corrected chi connectivity index (χ1v) is 3.42. The Labute approximate surface area is 68.0 Å². The Kier molecular flexibility index (Phi) is 2.76. The molecule has 0 amide bonds. The molecule has 0 aromatic heterocycles. The molecule has 1 aliphatic rings. The lowest BCUT2D eigenvalue weighted by molar-refractivity contribution is -0.239. The smallest absolute Gasteiger partial charge is 0.195 e. The molecule has 6 nitrogen and oxygen atoms in total. The molecule has 2 unspecified atom stereocenters. The van der Waals surface area contributed by atoms with Crippen molar-refractivity contribution in [3.05, 3.63) is 0 Å². The molecule has 0 radical (unpaired) electrons. The monoisotopic (exact) mass is 178 g/mol. The third-order valence-corrected chi connectivity index (χ3v) is 1.69. The number of Topliss-reactive ketones (excluding diaryl/α,β-unsaturated/α-hetero) is 1. The second-order valence-corrected chi connectivity index (χ2v) is 2.54. The van der Waals surface area contributed by atoms with Gasteiger partial charge in [0.15, 0.2) is 12.1 Å². The quantitative estimate of drug-likeness (QED) is 0.340. The van der Waals surface area contributed by atoms with Crippen LogP contribution in [0.25, 0.3) is 0 Å². The van der Waals surface area contributed by atoms with Gasteiger partial charge in [0.25, 0.3) is 0 Å². The molecule has 1 aliphatic heterocycles. The number of hydrogen-bond donors (Lipinski definition) is 4. The molecular formula is C6H10O6. The number of rotatable bonds is 1. The summed E-state index contributed by atoms with van der Waals surface area (Å²) >= 11 is 0. The Bertz CT molecular complexity index is 177. The maximum atomic E-state index is 10.9. The summed E-state index contributed by atoms with van der Waals surface area (Å²) in [5, 5.41) is 35.3. The fourth-order valence-electron chi connectivity index (χ4n) is 0.964. The maximum absolute atomic E-state index is 10.9. The van der Waals surface area contributed by atoms with Crippen molar-refractivity contribution in [3.63, 3.8) is 0 Å². The number of hydrogen-bond acceptors (Lipinski definition) is 6. The van der Waals surface area contributed by atoms with Gasteiger partial charge in [-0.25, -0.2) is 0 Å². The van der Waals surface area contributed by atoms with Crippen LogP contribution >= 0.6 is 0 Å². The summed E-state index contributed by atoms with van der Waals surface area (Å²) in [4.78, 5) is 10.9. The van der Waals surface area contributed by atoms with Crippen LogP contribution in [0.15, 0.2) is 0 Å². The molecule has 70 valence electrons. The minimum absolute atomic E-state index is 0.625. The molecule has 6 heteroatoms. The number of aliphatic hydroxyl groups excluding tert-OH is 4. The van der Waals surface area contributed by atoms with Crippen molar-refractivity contribution in [1.29, 1.82) is 0 Å². The molecule has 0 aromatic carbocycles. The fourth-order valence-corrected chi connectivity index (χ4v) is 0.964. The van der Waals surface area contributed by atoms with Crippen molar-refractivity contribution in [3.8, 4) is 0 Å². The lowest BCUT2D eigenvalue weighted by Crippen LogP contribution is -2.55. The number of aliphatic hydroxyl groups is 4. The van der Waals surface area contributed by atoms with E-state index in [1.54, 1.807) is 0 Å². The SMILES string of the molecule is O=C1C(CO)OC(O)[C@@H](O)[C@@H]1O. The summed E-state index contributed by atoms with van der Waals surface area (Å²) in [7, 11) is 0. The molecule has 0 aliphatic carbocycles. The Hall–Kier alpha value is -0.530. The van der Waals surface area contributed by atoms with Crippen molar-refractivity contribution in [2.75, 3.05) is 6.61 Å². The standard InChI is InChI=1S/C6H10O6/c7-1-2-3(8)4(9)5(10)6(11)12-2/h2,4-7,9-11H,1H2/t2?,4-,5+,6?/m1/s1. The number of ether oxygens (including phenoxy) is 1. The average molecular weight is 178 g/mol. The third kappa shape index (κ3) is 1.47. The number of carbonyl (C=O) groups excluding carboxylic acids is 1. The molecule has 1 fully saturated rings. The van der Waals surface area contributed by atoms with E-state index in [1.165, 1.54) is 0 Å². The van der Waals surface area contributed by atoms with Crippen molar-refractivity contribution in [1.82, 2.24) is 0 Å². The van der Waals surface area contributed by atoms with Crippen LogP contribution in [-0.2, 0) is 9.53 Å². The van der Waals surface area contributed by atoms with Gasteiger partial charge in [-0.3, -0.25) is 4.79 Å². The summed E-state index contributed by atoms with van der Waals surface area (Å²) in [6.45, 7) is -0.625. The minimum Gasteiger partial charge on any atom is -0.393 e. The van der Waals surface area contributed by atoms with E-state index in [0.29, 0.717) is 0 Å². The zero-order valence-corrected chi connectivity index (χ0v) is 6.12. The number of carbonyl (C=O) groups is 1. The molecule has 0 aromatic rings. The highest BCUT2D eigenvalue weighted by Gasteiger charge is 2.42. The molecular weight excluding hydrogens is 168 g/mol. The third-order valence-electron chi connectivity index (χ3n) is 1.69. The van der Waals surface area contributed by atoms with E-state index in [4.69, 9.17) is 20.4 Å². The van der Waals surface area contributed by atoms with E-state index in [2.05, 4.69) is 4.74 Å². The van der Waals surface area contributed by atoms with Crippen LogP contribution in [0.1, 0.15) is 0 Å². The molecule has 0 saturated carbocycles. The van der Waals surface area contributed by atoms with Gasteiger partial charge < -0.3 is 25.2 Å². The van der Waals surface area contributed by atoms with E-state index >= 15 is 0 Å². The van der Waals surface area contributed by atoms with Gasteiger partial charge in [-0.05, 0) is 0 Å². The van der Waals surface area contributed by atoms with Gasteiger partial charge in [-0.15, -0.1) is 0 Å². The first-order chi connectivity index (χ1) is 5.57. The van der Waals surface area contributed by atoms with Crippen LogP contribution in [0.5, 0.6) is 0 Å². The molecule has 0 spiro atoms. The fraction of sp³-hybridized carbons (Fsp3) is 0.833. The summed E-state index contributed by atoms with van der Waals surface area (Å²) in [6, 6.07) is 0. The second-order valence-electron chi connectivity index (χ2n) is 2.54. The van der Waals surface area contributed by atoms with Gasteiger partial charge >= 0.3 is 0 Å². The van der Waals surface area contributed by atoms with Gasteiger partial charge in [0.05, 0.1) is 6.61 Å². The maximum Gasteiger partial charge on any atom is 0.195 e. The molecule has 4 N–H and O–H groups in total. The molecule has 4 atom stereocenters. The second kappa shape index (κ2) is 3.46. The van der Waals surface area contributed by atoms with Gasteiger partial charge in [0.2, 0.25) is 0 Å². The normalized spacial score (nSPS) is 43.2.